The molecule has 1 rings (SSSR count). The Morgan fingerprint density at radius 3 is 1.62 bits per heavy atom. The van der Waals surface area contributed by atoms with Gasteiger partial charge >= 0.3 is 17.9 Å². The molecule has 0 unspecified atom stereocenters. The Morgan fingerprint density at radius 1 is 0.652 bits per heavy atom. The van der Waals surface area contributed by atoms with Crippen molar-refractivity contribution in [3.63, 3.8) is 0 Å². The molecule has 1 aliphatic heterocycles. The highest BCUT2D eigenvalue weighted by Crippen LogP contribution is 2.22. The first kappa shape index (κ1) is 58.4. The van der Waals surface area contributed by atoms with Crippen LogP contribution in [0.25, 0.3) is 0 Å². The zero-order chi connectivity index (χ0) is 50.7. The van der Waals surface area contributed by atoms with Crippen molar-refractivity contribution in [2.45, 2.75) is 195 Å². The summed E-state index contributed by atoms with van der Waals surface area (Å²) in [6.45, 7) is 19.6. The lowest BCUT2D eigenvalue weighted by atomic mass is 9.98. The van der Waals surface area contributed by atoms with E-state index in [0.717, 1.165) is 0 Å². The van der Waals surface area contributed by atoms with Crippen LogP contribution < -0.4 is 31.9 Å². The molecule has 7 N–H and O–H groups in total. The highest BCUT2D eigenvalue weighted by Gasteiger charge is 2.41. The third kappa shape index (κ3) is 21.6. The van der Waals surface area contributed by atoms with Crippen LogP contribution in [-0.2, 0) is 62.2 Å². The summed E-state index contributed by atoms with van der Waals surface area (Å²) in [6.07, 6.45) is 0.0352. The van der Waals surface area contributed by atoms with Gasteiger partial charge in [0.15, 0.2) is 0 Å². The van der Waals surface area contributed by atoms with Crippen LogP contribution in [-0.4, -0.2) is 136 Å². The molecule has 1 fully saturated rings. The van der Waals surface area contributed by atoms with Gasteiger partial charge in [0.2, 0.25) is 41.2 Å². The molecule has 1 heterocycles. The number of amides is 7. The van der Waals surface area contributed by atoms with E-state index in [2.05, 4.69) is 31.9 Å². The molecule has 0 spiro atoms. The summed E-state index contributed by atoms with van der Waals surface area (Å²) in [7, 11) is 0. The molecule has 0 aromatic carbocycles. The number of nitrogens with zero attached hydrogens (tertiary/aromatic N) is 1. The maximum atomic E-state index is 14.2. The number of aliphatic carboxylic acids is 1. The summed E-state index contributed by atoms with van der Waals surface area (Å²) in [6, 6.07) is -7.47. The fourth-order valence-electron chi connectivity index (χ4n) is 6.90. The third-order valence-electron chi connectivity index (χ3n) is 10.0. The quantitative estimate of drug-likeness (QED) is 0.0366. The zero-order valence-corrected chi connectivity index (χ0v) is 40.8. The highest BCUT2D eigenvalue weighted by molar-refractivity contribution is 6.38. The molecule has 0 aromatic heterocycles. The molecule has 0 radical (unpaired) electrons. The minimum Gasteiger partial charge on any atom is -0.481 e. The van der Waals surface area contributed by atoms with Gasteiger partial charge in [-0.1, -0.05) is 41.0 Å². The number of carbonyl (C=O) groups excluding carboxylic acids is 10. The van der Waals surface area contributed by atoms with Crippen LogP contribution >= 0.6 is 0 Å². The number of Topliss-reactive ketones (excluding diaryl/α,β-unsaturated/α-hetero) is 1. The van der Waals surface area contributed by atoms with E-state index in [1.54, 1.807) is 76.2 Å². The van der Waals surface area contributed by atoms with Gasteiger partial charge in [0.25, 0.3) is 5.91 Å². The second-order valence-electron chi connectivity index (χ2n) is 19.2. The van der Waals surface area contributed by atoms with Crippen molar-refractivity contribution in [1.82, 2.24) is 36.8 Å². The number of hydrogen-bond donors (Lipinski definition) is 7. The second-order valence-corrected chi connectivity index (χ2v) is 19.2. The SMILES string of the molecule is CCC[C@H](NC(=O)[C@@H]1CCCN1C(=O)[C@@H](NC(=O)[C@@H](NC(=O)[C@H](CCC(=O)OC(C)(C)C)NC(=O)[C@H](CCC(=O)OC(C)(C)C)NC(C)=O)C(C)C)C(C)C)C(=O)C(=O)NCCCC(=O)O. The molecule has 0 aliphatic carbocycles. The number of esters is 2. The summed E-state index contributed by atoms with van der Waals surface area (Å²) in [5.41, 5.74) is -1.67. The Morgan fingerprint density at radius 2 is 1.15 bits per heavy atom. The summed E-state index contributed by atoms with van der Waals surface area (Å²) >= 11 is 0. The first-order chi connectivity index (χ1) is 30.5. The summed E-state index contributed by atoms with van der Waals surface area (Å²) in [4.78, 5) is 145. The number of carboxylic acid groups (broad SMARTS) is 1. The van der Waals surface area contributed by atoms with Crippen molar-refractivity contribution in [2.24, 2.45) is 11.8 Å². The van der Waals surface area contributed by atoms with Crippen molar-refractivity contribution in [3.8, 4) is 0 Å². The van der Waals surface area contributed by atoms with E-state index in [1.807, 2.05) is 0 Å². The number of hydrogen-bond acceptors (Lipinski definition) is 13. The molecule has 0 bridgehead atoms. The van der Waals surface area contributed by atoms with Gasteiger partial charge in [-0.2, -0.15) is 0 Å². The first-order valence-corrected chi connectivity index (χ1v) is 22.7. The smallest absolute Gasteiger partial charge is 0.306 e. The topological polar surface area (TPSA) is 302 Å². The van der Waals surface area contributed by atoms with Gasteiger partial charge in [0.1, 0.15) is 41.4 Å². The number of ketones is 1. The minimum atomic E-state index is -1.45. The van der Waals surface area contributed by atoms with Gasteiger partial charge in [0, 0.05) is 39.3 Å². The molecular weight excluding hydrogens is 863 g/mol. The maximum Gasteiger partial charge on any atom is 0.306 e. The Labute approximate surface area is 388 Å². The van der Waals surface area contributed by atoms with Gasteiger partial charge in [-0.15, -0.1) is 0 Å². The van der Waals surface area contributed by atoms with Crippen LogP contribution in [0.5, 0.6) is 0 Å². The van der Waals surface area contributed by atoms with Crippen molar-refractivity contribution < 1.29 is 67.3 Å². The molecule has 7 amide bonds. The minimum absolute atomic E-state index is 0.0530. The van der Waals surface area contributed by atoms with E-state index < -0.39 is 124 Å². The Kier molecular flexibility index (Phi) is 24.0. The molecule has 66 heavy (non-hydrogen) atoms. The van der Waals surface area contributed by atoms with E-state index in [-0.39, 0.29) is 64.5 Å². The lowest BCUT2D eigenvalue weighted by molar-refractivity contribution is -0.156. The van der Waals surface area contributed by atoms with Gasteiger partial charge in [-0.25, -0.2) is 0 Å². The Balaban J connectivity index is 3.32. The third-order valence-corrected chi connectivity index (χ3v) is 10.0. The Hall–Kier alpha value is -5.63. The van der Waals surface area contributed by atoms with Crippen LogP contribution in [0.2, 0.25) is 0 Å². The standard InChI is InChI=1S/C45H75N7O14/c1-13-16-28(37(58)42(63)46-23-14-18-32(54)55)48-40(61)31-17-15-24-52(31)43(64)36(26(4)5)51-41(62)35(25(2)3)50-39(60)30(20-22-34(57)66-45(10,11)12)49-38(59)29(47-27(6)53)19-21-33(56)65-44(7,8)9/h25-26,28-31,35-36H,13-24H2,1-12H3,(H,46,63)(H,47,53)(H,48,61)(H,49,59)(H,50,60)(H,51,62)(H,54,55)/t28-,29-,30-,31-,35-,36-/m0/s1. The molecule has 1 saturated heterocycles. The van der Waals surface area contributed by atoms with E-state index >= 15 is 0 Å². The number of nitrogens with one attached hydrogen (secondary N) is 6. The number of ether oxygens (including phenoxy) is 2. The van der Waals surface area contributed by atoms with Crippen LogP contribution in [0, 0.1) is 11.8 Å². The molecular formula is C45H75N7O14. The number of carboxylic acids is 1. The second kappa shape index (κ2) is 27.1. The molecule has 21 heteroatoms. The van der Waals surface area contributed by atoms with E-state index in [0.29, 0.717) is 12.8 Å². The molecule has 1 aliphatic rings. The van der Waals surface area contributed by atoms with E-state index in [1.165, 1.54) is 11.8 Å². The van der Waals surface area contributed by atoms with Gasteiger partial charge in [-0.3, -0.25) is 52.7 Å². The van der Waals surface area contributed by atoms with Crippen molar-refractivity contribution in [2.75, 3.05) is 13.1 Å². The zero-order valence-electron chi connectivity index (χ0n) is 40.8. The fraction of sp³-hybridized carbons (Fsp3) is 0.756. The average molecular weight is 938 g/mol. The normalized spacial score (nSPS) is 16.2. The van der Waals surface area contributed by atoms with E-state index in [9.17, 15) is 52.7 Å². The molecule has 0 saturated carbocycles. The summed E-state index contributed by atoms with van der Waals surface area (Å²) < 4.78 is 10.7. The van der Waals surface area contributed by atoms with Gasteiger partial charge < -0.3 is 51.4 Å². The summed E-state index contributed by atoms with van der Waals surface area (Å²) in [5.74, 6) is -9.71. The largest absolute Gasteiger partial charge is 0.481 e. The van der Waals surface area contributed by atoms with Gasteiger partial charge in [-0.05, 0) is 91.9 Å². The van der Waals surface area contributed by atoms with Gasteiger partial charge in [0.05, 0.1) is 6.04 Å². The molecule has 6 atom stereocenters. The van der Waals surface area contributed by atoms with Crippen LogP contribution in [0.1, 0.15) is 147 Å². The predicted molar refractivity (Wildman–Crippen MR) is 240 cm³/mol. The highest BCUT2D eigenvalue weighted by atomic mass is 16.6. The first-order valence-electron chi connectivity index (χ1n) is 22.7. The van der Waals surface area contributed by atoms with Crippen molar-refractivity contribution >= 4 is 65.0 Å². The predicted octanol–water partition coefficient (Wildman–Crippen LogP) is 1.33. The number of likely N-dealkylation sites (tertiary alicyclic amines) is 1. The fourth-order valence-corrected chi connectivity index (χ4v) is 6.90. The number of rotatable bonds is 26. The van der Waals surface area contributed by atoms with Crippen LogP contribution in [0.4, 0.5) is 0 Å². The van der Waals surface area contributed by atoms with Crippen molar-refractivity contribution in [3.05, 3.63) is 0 Å². The average Bonchev–Trinajstić information content (AvgIpc) is 3.68. The molecule has 21 nitrogen and oxygen atoms in total. The van der Waals surface area contributed by atoms with Crippen LogP contribution in [0.15, 0.2) is 0 Å². The lowest BCUT2D eigenvalue weighted by Crippen LogP contribution is -2.61. The Bertz CT molecular complexity index is 1750. The van der Waals surface area contributed by atoms with Crippen LogP contribution in [0.3, 0.4) is 0 Å². The van der Waals surface area contributed by atoms with Crippen molar-refractivity contribution in [1.29, 1.82) is 0 Å². The molecule has 374 valence electrons. The number of carbonyl (C=O) groups is 11. The lowest BCUT2D eigenvalue weighted by Gasteiger charge is -2.33. The monoisotopic (exact) mass is 938 g/mol. The summed E-state index contributed by atoms with van der Waals surface area (Å²) in [5, 5.41) is 24.2. The maximum absolute atomic E-state index is 14.2. The molecule has 0 aromatic rings. The van der Waals surface area contributed by atoms with E-state index in [4.69, 9.17) is 14.6 Å².